The van der Waals surface area contributed by atoms with Crippen molar-refractivity contribution in [1.29, 1.82) is 0 Å². The minimum absolute atomic E-state index is 0.179. The van der Waals surface area contributed by atoms with Gasteiger partial charge in [0.1, 0.15) is 0 Å². The fourth-order valence-electron chi connectivity index (χ4n) is 3.06. The van der Waals surface area contributed by atoms with E-state index in [-0.39, 0.29) is 10.6 Å². The number of nitro groups is 1. The zero-order valence-corrected chi connectivity index (χ0v) is 10.9. The maximum absolute atomic E-state index is 10.6. The Hall–Kier alpha value is -1.46. The van der Waals surface area contributed by atoms with Crippen molar-refractivity contribution in [3.63, 3.8) is 0 Å². The van der Waals surface area contributed by atoms with Gasteiger partial charge >= 0.3 is 0 Å². The molecule has 0 aromatic heterocycles. The molecule has 2 aliphatic rings. The molecular formula is C14H19N3O2. The highest BCUT2D eigenvalue weighted by atomic mass is 16.6. The molecular weight excluding hydrogens is 242 g/mol. The fourth-order valence-corrected chi connectivity index (χ4v) is 3.06. The highest BCUT2D eigenvalue weighted by Crippen LogP contribution is 2.31. The summed E-state index contributed by atoms with van der Waals surface area (Å²) in [6, 6.07) is 7.77. The van der Waals surface area contributed by atoms with Crippen LogP contribution >= 0.6 is 0 Å². The van der Waals surface area contributed by atoms with Gasteiger partial charge in [-0.25, -0.2) is 0 Å². The van der Waals surface area contributed by atoms with Crippen molar-refractivity contribution in [3.8, 4) is 0 Å². The number of rotatable bonds is 3. The van der Waals surface area contributed by atoms with Gasteiger partial charge in [0.15, 0.2) is 0 Å². The van der Waals surface area contributed by atoms with Crippen molar-refractivity contribution in [2.24, 2.45) is 0 Å². The van der Waals surface area contributed by atoms with Crippen molar-refractivity contribution in [2.75, 3.05) is 26.2 Å². The van der Waals surface area contributed by atoms with Crippen LogP contribution in [0.5, 0.6) is 0 Å². The van der Waals surface area contributed by atoms with Gasteiger partial charge in [0.2, 0.25) is 0 Å². The molecule has 5 nitrogen and oxygen atoms in total. The zero-order valence-electron chi connectivity index (χ0n) is 10.9. The smallest absolute Gasteiger partial charge is 0.269 e. The minimum atomic E-state index is -0.341. The van der Waals surface area contributed by atoms with Crippen molar-refractivity contribution >= 4 is 5.69 Å². The van der Waals surface area contributed by atoms with Crippen LogP contribution in [0.1, 0.15) is 24.3 Å². The number of nitrogens with one attached hydrogen (secondary N) is 1. The third kappa shape index (κ3) is 2.62. The first-order valence-corrected chi connectivity index (χ1v) is 6.93. The second-order valence-electron chi connectivity index (χ2n) is 5.48. The number of likely N-dealkylation sites (tertiary alicyclic amines) is 1. The number of benzene rings is 1. The maximum Gasteiger partial charge on any atom is 0.269 e. The van der Waals surface area contributed by atoms with E-state index >= 15 is 0 Å². The SMILES string of the molecule is O=[N+]([O-])c1ccc(C2CN(C3CCNCC3)C2)cc1. The van der Waals surface area contributed by atoms with E-state index in [0.29, 0.717) is 5.92 Å². The van der Waals surface area contributed by atoms with Crippen LogP contribution in [-0.4, -0.2) is 42.0 Å². The molecule has 0 unspecified atom stereocenters. The van der Waals surface area contributed by atoms with E-state index in [2.05, 4.69) is 10.2 Å². The minimum Gasteiger partial charge on any atom is -0.317 e. The Morgan fingerprint density at radius 3 is 2.37 bits per heavy atom. The topological polar surface area (TPSA) is 58.4 Å². The van der Waals surface area contributed by atoms with Crippen LogP contribution in [0.4, 0.5) is 5.69 Å². The van der Waals surface area contributed by atoms with Gasteiger partial charge in [0.05, 0.1) is 4.92 Å². The predicted octanol–water partition coefficient (Wildman–Crippen LogP) is 1.75. The Balaban J connectivity index is 1.56. The van der Waals surface area contributed by atoms with Crippen molar-refractivity contribution in [2.45, 2.75) is 24.8 Å². The van der Waals surface area contributed by atoms with E-state index < -0.39 is 0 Å². The lowest BCUT2D eigenvalue weighted by Crippen LogP contribution is -2.53. The summed E-state index contributed by atoms with van der Waals surface area (Å²) >= 11 is 0. The summed E-state index contributed by atoms with van der Waals surface area (Å²) in [6.45, 7) is 4.46. The molecule has 5 heteroatoms. The Bertz CT molecular complexity index is 448. The molecule has 102 valence electrons. The largest absolute Gasteiger partial charge is 0.317 e. The molecule has 0 atom stereocenters. The number of non-ortho nitro benzene ring substituents is 1. The standard InChI is InChI=1S/C14H19N3O2/c18-17(19)14-3-1-11(2-4-14)12-9-16(10-12)13-5-7-15-8-6-13/h1-4,12-13,15H,5-10H2. The lowest BCUT2D eigenvalue weighted by Gasteiger charge is -2.46. The average molecular weight is 261 g/mol. The summed E-state index contributed by atoms with van der Waals surface area (Å²) in [5.74, 6) is 0.552. The molecule has 1 aromatic carbocycles. The maximum atomic E-state index is 10.6. The van der Waals surface area contributed by atoms with Gasteiger partial charge in [0, 0.05) is 37.2 Å². The lowest BCUT2D eigenvalue weighted by atomic mass is 9.88. The first kappa shape index (κ1) is 12.6. The second-order valence-corrected chi connectivity index (χ2v) is 5.48. The van der Waals surface area contributed by atoms with Crippen molar-refractivity contribution in [1.82, 2.24) is 10.2 Å². The van der Waals surface area contributed by atoms with E-state index in [1.165, 1.54) is 18.4 Å². The molecule has 0 spiro atoms. The summed E-state index contributed by atoms with van der Waals surface area (Å²) in [7, 11) is 0. The van der Waals surface area contributed by atoms with Gasteiger partial charge in [0.25, 0.3) is 5.69 Å². The third-order valence-electron chi connectivity index (χ3n) is 4.31. The quantitative estimate of drug-likeness (QED) is 0.665. The summed E-state index contributed by atoms with van der Waals surface area (Å²) in [4.78, 5) is 12.8. The molecule has 0 bridgehead atoms. The van der Waals surface area contributed by atoms with Crippen LogP contribution < -0.4 is 5.32 Å². The molecule has 0 amide bonds. The van der Waals surface area contributed by atoms with E-state index in [1.807, 2.05) is 12.1 Å². The van der Waals surface area contributed by atoms with Gasteiger partial charge in [-0.1, -0.05) is 12.1 Å². The molecule has 2 aliphatic heterocycles. The first-order chi connectivity index (χ1) is 9.24. The van der Waals surface area contributed by atoms with Gasteiger partial charge in [-0.15, -0.1) is 0 Å². The van der Waals surface area contributed by atoms with Crippen LogP contribution in [0.3, 0.4) is 0 Å². The van der Waals surface area contributed by atoms with E-state index in [9.17, 15) is 10.1 Å². The molecule has 2 saturated heterocycles. The highest BCUT2D eigenvalue weighted by molar-refractivity contribution is 5.35. The molecule has 19 heavy (non-hydrogen) atoms. The monoisotopic (exact) mass is 261 g/mol. The van der Waals surface area contributed by atoms with Gasteiger partial charge < -0.3 is 5.32 Å². The molecule has 1 N–H and O–H groups in total. The first-order valence-electron chi connectivity index (χ1n) is 6.93. The van der Waals surface area contributed by atoms with Gasteiger partial charge in [-0.2, -0.15) is 0 Å². The summed E-state index contributed by atoms with van der Waals surface area (Å²) < 4.78 is 0. The Morgan fingerprint density at radius 1 is 1.16 bits per heavy atom. The number of nitrogens with zero attached hydrogens (tertiary/aromatic N) is 2. The zero-order chi connectivity index (χ0) is 13.2. The van der Waals surface area contributed by atoms with Gasteiger partial charge in [-0.05, 0) is 31.5 Å². The van der Waals surface area contributed by atoms with Crippen LogP contribution in [0, 0.1) is 10.1 Å². The summed E-state index contributed by atoms with van der Waals surface area (Å²) in [5, 5.41) is 14.0. The Kier molecular flexibility index (Phi) is 3.48. The van der Waals surface area contributed by atoms with Crippen molar-refractivity contribution in [3.05, 3.63) is 39.9 Å². The molecule has 2 heterocycles. The van der Waals surface area contributed by atoms with Crippen LogP contribution in [-0.2, 0) is 0 Å². The van der Waals surface area contributed by atoms with E-state index in [1.54, 1.807) is 12.1 Å². The fraction of sp³-hybridized carbons (Fsp3) is 0.571. The van der Waals surface area contributed by atoms with Crippen molar-refractivity contribution < 1.29 is 4.92 Å². The number of hydrogen-bond acceptors (Lipinski definition) is 4. The van der Waals surface area contributed by atoms with Gasteiger partial charge in [-0.3, -0.25) is 15.0 Å². The highest BCUT2D eigenvalue weighted by Gasteiger charge is 2.33. The number of hydrogen-bond donors (Lipinski definition) is 1. The third-order valence-corrected chi connectivity index (χ3v) is 4.31. The lowest BCUT2D eigenvalue weighted by molar-refractivity contribution is -0.384. The van der Waals surface area contributed by atoms with Crippen LogP contribution in [0.15, 0.2) is 24.3 Å². The van der Waals surface area contributed by atoms with E-state index in [4.69, 9.17) is 0 Å². The Morgan fingerprint density at radius 2 is 1.79 bits per heavy atom. The summed E-state index contributed by atoms with van der Waals surface area (Å²) in [5.41, 5.74) is 1.41. The average Bonchev–Trinajstić information content (AvgIpc) is 2.39. The molecule has 1 aromatic rings. The number of piperidine rings is 1. The number of nitro benzene ring substituents is 1. The second kappa shape index (κ2) is 5.27. The Labute approximate surface area is 112 Å². The van der Waals surface area contributed by atoms with E-state index in [0.717, 1.165) is 32.2 Å². The predicted molar refractivity (Wildman–Crippen MR) is 73.3 cm³/mol. The van der Waals surface area contributed by atoms with Crippen LogP contribution in [0.2, 0.25) is 0 Å². The molecule has 0 radical (unpaired) electrons. The van der Waals surface area contributed by atoms with Crippen LogP contribution in [0.25, 0.3) is 0 Å². The molecule has 2 fully saturated rings. The normalized spacial score (nSPS) is 22.1. The molecule has 0 saturated carbocycles. The summed E-state index contributed by atoms with van der Waals surface area (Å²) in [6.07, 6.45) is 2.49. The molecule has 3 rings (SSSR count). The molecule has 0 aliphatic carbocycles.